The van der Waals surface area contributed by atoms with Gasteiger partial charge in [0.25, 0.3) is 0 Å². The van der Waals surface area contributed by atoms with Crippen LogP contribution in [0.25, 0.3) is 0 Å². The Balaban J connectivity index is 2.66. The predicted molar refractivity (Wildman–Crippen MR) is 58.8 cm³/mol. The van der Waals surface area contributed by atoms with Gasteiger partial charge in [-0.05, 0) is 33.1 Å². The molecule has 1 aliphatic rings. The van der Waals surface area contributed by atoms with Crippen LogP contribution in [-0.2, 0) is 0 Å². The van der Waals surface area contributed by atoms with E-state index in [9.17, 15) is 0 Å². The topological polar surface area (TPSA) is 3.24 Å². The summed E-state index contributed by atoms with van der Waals surface area (Å²) in [6, 6.07) is 1.31. The van der Waals surface area contributed by atoms with Crippen molar-refractivity contribution < 1.29 is 0 Å². The molecule has 1 unspecified atom stereocenters. The maximum atomic E-state index is 2.56. The molecule has 0 radical (unpaired) electrons. The fraction of sp³-hybridized carbons (Fsp3) is 0.833. The summed E-state index contributed by atoms with van der Waals surface area (Å²) in [6.45, 7) is 12.7. The largest absolute Gasteiger partial charge is 0.294 e. The summed E-state index contributed by atoms with van der Waals surface area (Å²) in [5, 5.41) is 0. The van der Waals surface area contributed by atoms with Gasteiger partial charge in [0.2, 0.25) is 0 Å². The Morgan fingerprint density at radius 1 is 1.31 bits per heavy atom. The second-order valence-electron chi connectivity index (χ2n) is 4.72. The molecule has 13 heavy (non-hydrogen) atoms. The standard InChI is InChI=1S/C12H23N/c1-9(2)12-6-7-13(10(3)4)11(5)8-12/h8-11H,6-7H2,1-5H3. The van der Waals surface area contributed by atoms with Gasteiger partial charge in [-0.15, -0.1) is 0 Å². The molecule has 0 aromatic heterocycles. The molecule has 1 heterocycles. The normalized spacial score (nSPS) is 25.5. The van der Waals surface area contributed by atoms with Crippen molar-refractivity contribution in [2.24, 2.45) is 5.92 Å². The highest BCUT2D eigenvalue weighted by atomic mass is 15.2. The van der Waals surface area contributed by atoms with Gasteiger partial charge in [0.05, 0.1) is 0 Å². The smallest absolute Gasteiger partial charge is 0.0255 e. The molecule has 0 N–H and O–H groups in total. The minimum atomic E-state index is 0.631. The molecule has 1 heteroatoms. The van der Waals surface area contributed by atoms with Crippen LogP contribution in [0.5, 0.6) is 0 Å². The lowest BCUT2D eigenvalue weighted by molar-refractivity contribution is 0.181. The fourth-order valence-electron chi connectivity index (χ4n) is 2.16. The van der Waals surface area contributed by atoms with E-state index in [1.54, 1.807) is 5.57 Å². The summed E-state index contributed by atoms with van der Waals surface area (Å²) >= 11 is 0. The minimum Gasteiger partial charge on any atom is -0.294 e. The van der Waals surface area contributed by atoms with Gasteiger partial charge in [-0.3, -0.25) is 4.90 Å². The molecular formula is C12H23N. The molecule has 0 spiro atoms. The van der Waals surface area contributed by atoms with Gasteiger partial charge in [0.1, 0.15) is 0 Å². The first-order valence-corrected chi connectivity index (χ1v) is 5.48. The van der Waals surface area contributed by atoms with E-state index in [0.717, 1.165) is 5.92 Å². The van der Waals surface area contributed by atoms with Gasteiger partial charge in [0, 0.05) is 18.6 Å². The van der Waals surface area contributed by atoms with E-state index < -0.39 is 0 Å². The van der Waals surface area contributed by atoms with Gasteiger partial charge in [-0.2, -0.15) is 0 Å². The Hall–Kier alpha value is -0.300. The van der Waals surface area contributed by atoms with Crippen LogP contribution in [0.3, 0.4) is 0 Å². The number of nitrogens with zero attached hydrogens (tertiary/aromatic N) is 1. The third-order valence-corrected chi connectivity index (χ3v) is 3.04. The zero-order valence-corrected chi connectivity index (χ0v) is 9.67. The van der Waals surface area contributed by atoms with Crippen molar-refractivity contribution in [1.82, 2.24) is 4.90 Å². The molecule has 1 aliphatic heterocycles. The number of hydrogen-bond donors (Lipinski definition) is 0. The van der Waals surface area contributed by atoms with Crippen LogP contribution in [0.1, 0.15) is 41.0 Å². The molecule has 0 aliphatic carbocycles. The van der Waals surface area contributed by atoms with E-state index in [-0.39, 0.29) is 0 Å². The zero-order chi connectivity index (χ0) is 10.0. The monoisotopic (exact) mass is 181 g/mol. The molecule has 1 atom stereocenters. The maximum Gasteiger partial charge on any atom is 0.0255 e. The highest BCUT2D eigenvalue weighted by Crippen LogP contribution is 2.23. The second-order valence-corrected chi connectivity index (χ2v) is 4.72. The van der Waals surface area contributed by atoms with Crippen LogP contribution in [-0.4, -0.2) is 23.5 Å². The summed E-state index contributed by atoms with van der Waals surface area (Å²) in [6.07, 6.45) is 3.72. The molecule has 1 rings (SSSR count). The van der Waals surface area contributed by atoms with Crippen LogP contribution in [0.15, 0.2) is 11.6 Å². The Bertz CT molecular complexity index is 191. The summed E-state index contributed by atoms with van der Waals surface area (Å²) in [5.41, 5.74) is 1.64. The Kier molecular flexibility index (Phi) is 3.55. The lowest BCUT2D eigenvalue weighted by Gasteiger charge is -2.36. The first kappa shape index (κ1) is 10.8. The van der Waals surface area contributed by atoms with Crippen LogP contribution < -0.4 is 0 Å². The van der Waals surface area contributed by atoms with Gasteiger partial charge < -0.3 is 0 Å². The Morgan fingerprint density at radius 3 is 2.31 bits per heavy atom. The van der Waals surface area contributed by atoms with Crippen molar-refractivity contribution in [3.63, 3.8) is 0 Å². The maximum absolute atomic E-state index is 2.56. The molecule has 1 nitrogen and oxygen atoms in total. The highest BCUT2D eigenvalue weighted by Gasteiger charge is 2.21. The van der Waals surface area contributed by atoms with Crippen LogP contribution in [0, 0.1) is 5.92 Å². The second kappa shape index (κ2) is 4.28. The van der Waals surface area contributed by atoms with Crippen molar-refractivity contribution in [3.8, 4) is 0 Å². The lowest BCUT2D eigenvalue weighted by Crippen LogP contribution is -2.41. The van der Waals surface area contributed by atoms with Gasteiger partial charge in [0.15, 0.2) is 0 Å². The minimum absolute atomic E-state index is 0.631. The van der Waals surface area contributed by atoms with Crippen molar-refractivity contribution in [1.29, 1.82) is 0 Å². The Morgan fingerprint density at radius 2 is 1.92 bits per heavy atom. The van der Waals surface area contributed by atoms with Crippen molar-refractivity contribution in [2.75, 3.05) is 6.54 Å². The number of hydrogen-bond acceptors (Lipinski definition) is 1. The van der Waals surface area contributed by atoms with Crippen molar-refractivity contribution in [2.45, 2.75) is 53.1 Å². The first-order valence-electron chi connectivity index (χ1n) is 5.48. The van der Waals surface area contributed by atoms with E-state index in [1.807, 2.05) is 0 Å². The molecule has 0 bridgehead atoms. The molecule has 0 amide bonds. The van der Waals surface area contributed by atoms with Crippen LogP contribution in [0.4, 0.5) is 0 Å². The quantitative estimate of drug-likeness (QED) is 0.592. The molecule has 76 valence electrons. The summed E-state index contributed by atoms with van der Waals surface area (Å²) in [7, 11) is 0. The van der Waals surface area contributed by atoms with Gasteiger partial charge >= 0.3 is 0 Å². The average molecular weight is 181 g/mol. The number of rotatable bonds is 2. The van der Waals surface area contributed by atoms with Crippen LogP contribution >= 0.6 is 0 Å². The van der Waals surface area contributed by atoms with Crippen molar-refractivity contribution in [3.05, 3.63) is 11.6 Å². The average Bonchev–Trinajstić information content (AvgIpc) is 2.03. The third-order valence-electron chi connectivity index (χ3n) is 3.04. The highest BCUT2D eigenvalue weighted by molar-refractivity contribution is 5.13. The molecular weight excluding hydrogens is 158 g/mol. The van der Waals surface area contributed by atoms with E-state index in [2.05, 4.69) is 45.6 Å². The first-order chi connectivity index (χ1) is 6.02. The molecule has 0 aromatic carbocycles. The summed E-state index contributed by atoms with van der Waals surface area (Å²) in [5.74, 6) is 0.733. The van der Waals surface area contributed by atoms with E-state index >= 15 is 0 Å². The zero-order valence-electron chi connectivity index (χ0n) is 9.67. The molecule has 0 fully saturated rings. The summed E-state index contributed by atoms with van der Waals surface area (Å²) in [4.78, 5) is 2.56. The van der Waals surface area contributed by atoms with E-state index in [0.29, 0.717) is 12.1 Å². The van der Waals surface area contributed by atoms with Crippen molar-refractivity contribution >= 4 is 0 Å². The van der Waals surface area contributed by atoms with Crippen LogP contribution in [0.2, 0.25) is 0 Å². The van der Waals surface area contributed by atoms with E-state index in [1.165, 1.54) is 13.0 Å². The van der Waals surface area contributed by atoms with Gasteiger partial charge in [-0.1, -0.05) is 25.5 Å². The van der Waals surface area contributed by atoms with Gasteiger partial charge in [-0.25, -0.2) is 0 Å². The molecule has 0 aromatic rings. The fourth-order valence-corrected chi connectivity index (χ4v) is 2.16. The Labute approximate surface area is 82.8 Å². The molecule has 0 saturated heterocycles. The predicted octanol–water partition coefficient (Wildman–Crippen LogP) is 3.07. The van der Waals surface area contributed by atoms with E-state index in [4.69, 9.17) is 0 Å². The molecule has 0 saturated carbocycles. The SMILES string of the molecule is CC(C)C1=CC(C)N(C(C)C)CC1. The summed E-state index contributed by atoms with van der Waals surface area (Å²) < 4.78 is 0. The lowest BCUT2D eigenvalue weighted by atomic mass is 9.93. The third kappa shape index (κ3) is 2.57.